The monoisotopic (exact) mass is 838 g/mol. The maximum Gasteiger partial charge on any atom is 0.293 e. The first-order chi connectivity index (χ1) is 27.9. The lowest BCUT2D eigenvalue weighted by molar-refractivity contribution is -0.384. The maximum absolute atomic E-state index is 13.7. The number of piperazine rings is 1. The molecule has 0 aliphatic carbocycles. The fraction of sp³-hybridized carbons (Fsp3) is 0.256. The predicted molar refractivity (Wildman–Crippen MR) is 234 cm³/mol. The molecule has 1 aliphatic rings. The Balaban J connectivity index is 1.07. The normalized spacial score (nSPS) is 13.6. The van der Waals surface area contributed by atoms with Gasteiger partial charge in [0.05, 0.1) is 9.82 Å². The minimum Gasteiger partial charge on any atom is -0.376 e. The van der Waals surface area contributed by atoms with Crippen molar-refractivity contribution < 1.29 is 22.9 Å². The number of nitro benzene ring substituents is 1. The number of carbonyl (C=O) groups is 2. The van der Waals surface area contributed by atoms with Crippen molar-refractivity contribution in [2.24, 2.45) is 0 Å². The number of rotatable bonds is 16. The van der Waals surface area contributed by atoms with Crippen LogP contribution in [0, 0.1) is 10.1 Å². The van der Waals surface area contributed by atoms with E-state index in [4.69, 9.17) is 0 Å². The molecule has 1 atom stereocenters. The fourth-order valence-corrected chi connectivity index (χ4v) is 8.99. The van der Waals surface area contributed by atoms with Crippen LogP contribution in [0.1, 0.15) is 27.1 Å². The van der Waals surface area contributed by atoms with E-state index >= 15 is 0 Å². The lowest BCUT2D eigenvalue weighted by Gasteiger charge is -2.36. The summed E-state index contributed by atoms with van der Waals surface area (Å²) in [7, 11) is -0.557. The van der Waals surface area contributed by atoms with E-state index in [0.29, 0.717) is 43.9 Å². The molecule has 0 saturated carbocycles. The summed E-state index contributed by atoms with van der Waals surface area (Å²) < 4.78 is 28.8. The van der Waals surface area contributed by atoms with E-state index in [1.807, 2.05) is 96.9 Å². The second-order valence-corrected chi connectivity index (χ2v) is 17.7. The van der Waals surface area contributed by atoms with Crippen molar-refractivity contribution in [1.29, 1.82) is 0 Å². The van der Waals surface area contributed by atoms with Crippen molar-refractivity contribution in [3.8, 4) is 11.1 Å². The quantitative estimate of drug-likeness (QED) is 0.0576. The number of nitrogens with one attached hydrogen (secondary N) is 2. The zero-order valence-corrected chi connectivity index (χ0v) is 35.0. The SMILES string of the molecule is CSc1ccc(-c2ccccc2C(=O)N2CCN(c3ccc(C(=O)NS(=O)(=O)c4ccc(N[C@H](CCN(C)C)CSc5ccccc5)c([N+](=O)[O-])c4)cc3)CC2)cc1. The second kappa shape index (κ2) is 19.4. The largest absolute Gasteiger partial charge is 0.376 e. The van der Waals surface area contributed by atoms with Gasteiger partial charge in [0.2, 0.25) is 0 Å². The molecule has 15 heteroatoms. The molecule has 0 aromatic heterocycles. The summed E-state index contributed by atoms with van der Waals surface area (Å²) in [4.78, 5) is 46.2. The molecule has 12 nitrogen and oxygen atoms in total. The molecule has 0 bridgehead atoms. The van der Waals surface area contributed by atoms with Gasteiger partial charge in [0.15, 0.2) is 0 Å². The van der Waals surface area contributed by atoms with Gasteiger partial charge in [-0.25, -0.2) is 13.1 Å². The molecule has 6 rings (SSSR count). The van der Waals surface area contributed by atoms with Gasteiger partial charge in [-0.05, 0) is 111 Å². The van der Waals surface area contributed by atoms with Crippen LogP contribution in [0.4, 0.5) is 17.1 Å². The van der Waals surface area contributed by atoms with Gasteiger partial charge in [0.1, 0.15) is 5.69 Å². The van der Waals surface area contributed by atoms with E-state index in [1.165, 1.54) is 24.3 Å². The molecular formula is C43H46N6O6S3. The molecule has 1 fully saturated rings. The molecule has 0 unspecified atom stereocenters. The van der Waals surface area contributed by atoms with Gasteiger partial charge in [-0.15, -0.1) is 23.5 Å². The number of carbonyl (C=O) groups excluding carboxylic acids is 2. The summed E-state index contributed by atoms with van der Waals surface area (Å²) in [6, 6.07) is 35.6. The first-order valence-corrected chi connectivity index (χ1v) is 22.4. The number of hydrogen-bond donors (Lipinski definition) is 2. The Kier molecular flexibility index (Phi) is 14.1. The van der Waals surface area contributed by atoms with Gasteiger partial charge >= 0.3 is 0 Å². The van der Waals surface area contributed by atoms with Crippen molar-refractivity contribution in [3.63, 3.8) is 0 Å². The molecule has 302 valence electrons. The first-order valence-electron chi connectivity index (χ1n) is 18.7. The molecule has 0 spiro atoms. The predicted octanol–water partition coefficient (Wildman–Crippen LogP) is 7.59. The average Bonchev–Trinajstić information content (AvgIpc) is 3.24. The lowest BCUT2D eigenvalue weighted by Crippen LogP contribution is -2.48. The number of amides is 2. The third-order valence-electron chi connectivity index (χ3n) is 9.80. The summed E-state index contributed by atoms with van der Waals surface area (Å²) in [6.45, 7) is 2.89. The van der Waals surface area contributed by atoms with Crippen molar-refractivity contribution in [3.05, 3.63) is 143 Å². The number of benzene rings is 5. The Labute approximate surface area is 348 Å². The second-order valence-electron chi connectivity index (χ2n) is 14.0. The Morgan fingerprint density at radius 1 is 0.845 bits per heavy atom. The van der Waals surface area contributed by atoms with Gasteiger partial charge in [0, 0.05) is 70.6 Å². The van der Waals surface area contributed by atoms with Crippen LogP contribution >= 0.6 is 23.5 Å². The van der Waals surface area contributed by atoms with Gasteiger partial charge < -0.3 is 20.0 Å². The number of nitrogens with zero attached hydrogens (tertiary/aromatic N) is 4. The highest BCUT2D eigenvalue weighted by Gasteiger charge is 2.27. The van der Waals surface area contributed by atoms with E-state index in [2.05, 4.69) is 27.1 Å². The summed E-state index contributed by atoms with van der Waals surface area (Å²) in [5, 5.41) is 15.4. The molecule has 2 N–H and O–H groups in total. The van der Waals surface area contributed by atoms with Gasteiger partial charge in [-0.3, -0.25) is 19.7 Å². The van der Waals surface area contributed by atoms with Crippen molar-refractivity contribution in [1.82, 2.24) is 14.5 Å². The Morgan fingerprint density at radius 2 is 1.52 bits per heavy atom. The highest BCUT2D eigenvalue weighted by molar-refractivity contribution is 7.99. The average molecular weight is 839 g/mol. The molecule has 1 saturated heterocycles. The van der Waals surface area contributed by atoms with Crippen LogP contribution in [0.25, 0.3) is 11.1 Å². The minimum atomic E-state index is -4.46. The van der Waals surface area contributed by atoms with Crippen LogP contribution in [0.15, 0.2) is 136 Å². The van der Waals surface area contributed by atoms with Crippen LogP contribution in [0.2, 0.25) is 0 Å². The summed E-state index contributed by atoms with van der Waals surface area (Å²) in [5.74, 6) is -0.269. The zero-order valence-electron chi connectivity index (χ0n) is 32.5. The fourth-order valence-electron chi connectivity index (χ4n) is 6.59. The standard InChI is InChI=1S/C43H46N6O6S3/c1-46(2)24-23-33(30-57-36-9-5-4-6-10-36)44-40-22-21-37(29-41(40)49(52)53)58(54,55)45-42(50)32-13-17-34(18-14-32)47-25-27-48(28-26-47)43(51)39-12-8-7-11-38(39)31-15-19-35(56-3)20-16-31/h4-22,29,33,44H,23-28,30H2,1-3H3,(H,45,50)/t33-/m1/s1. The van der Waals surface area contributed by atoms with E-state index in [1.54, 1.807) is 35.7 Å². The van der Waals surface area contributed by atoms with E-state index in [-0.39, 0.29) is 23.2 Å². The molecule has 1 heterocycles. The Bertz CT molecular complexity index is 2320. The molecule has 2 amide bonds. The molecule has 5 aromatic rings. The van der Waals surface area contributed by atoms with Crippen molar-refractivity contribution >= 4 is 62.4 Å². The molecule has 0 radical (unpaired) electrons. The summed E-state index contributed by atoms with van der Waals surface area (Å²) in [5.41, 5.74) is 3.23. The number of thioether (sulfide) groups is 2. The van der Waals surface area contributed by atoms with Gasteiger partial charge in [-0.1, -0.05) is 48.5 Å². The van der Waals surface area contributed by atoms with Gasteiger partial charge in [0.25, 0.3) is 27.5 Å². The lowest BCUT2D eigenvalue weighted by atomic mass is 9.98. The highest BCUT2D eigenvalue weighted by Crippen LogP contribution is 2.31. The highest BCUT2D eigenvalue weighted by atomic mass is 32.2. The van der Waals surface area contributed by atoms with Crippen LogP contribution in [-0.4, -0.2) is 99.8 Å². The number of hydrogen-bond acceptors (Lipinski definition) is 11. The van der Waals surface area contributed by atoms with Crippen LogP contribution in [-0.2, 0) is 10.0 Å². The van der Waals surface area contributed by atoms with Crippen LogP contribution in [0.5, 0.6) is 0 Å². The molecule has 5 aromatic carbocycles. The molecular weight excluding hydrogens is 793 g/mol. The smallest absolute Gasteiger partial charge is 0.293 e. The van der Waals surface area contributed by atoms with Crippen molar-refractivity contribution in [2.75, 3.05) is 69.0 Å². The maximum atomic E-state index is 13.7. The van der Waals surface area contributed by atoms with Crippen LogP contribution < -0.4 is 14.9 Å². The van der Waals surface area contributed by atoms with E-state index in [9.17, 15) is 28.1 Å². The third-order valence-corrected chi connectivity index (χ3v) is 13.0. The number of anilines is 2. The summed E-state index contributed by atoms with van der Waals surface area (Å²) in [6.07, 6.45) is 2.72. The van der Waals surface area contributed by atoms with Crippen LogP contribution in [0.3, 0.4) is 0 Å². The van der Waals surface area contributed by atoms with Gasteiger partial charge in [-0.2, -0.15) is 0 Å². The minimum absolute atomic E-state index is 0.0317. The zero-order chi connectivity index (χ0) is 41.2. The first kappa shape index (κ1) is 42.3. The number of sulfonamides is 1. The molecule has 58 heavy (non-hydrogen) atoms. The van der Waals surface area contributed by atoms with E-state index < -0.39 is 31.4 Å². The van der Waals surface area contributed by atoms with Crippen molar-refractivity contribution in [2.45, 2.75) is 27.1 Å². The van der Waals surface area contributed by atoms with E-state index in [0.717, 1.165) is 39.2 Å². The number of nitro groups is 1. The Hall–Kier alpha value is -5.35. The topological polar surface area (TPSA) is 145 Å². The third kappa shape index (κ3) is 10.8. The Morgan fingerprint density at radius 3 is 2.17 bits per heavy atom. The molecule has 1 aliphatic heterocycles. The summed E-state index contributed by atoms with van der Waals surface area (Å²) >= 11 is 3.29.